The molecule has 0 amide bonds. The van der Waals surface area contributed by atoms with Gasteiger partial charge in [-0.2, -0.15) is 0 Å². The molecule has 0 spiro atoms. The fraction of sp³-hybridized carbons (Fsp3) is 1.00. The van der Waals surface area contributed by atoms with Gasteiger partial charge in [-0.3, -0.25) is 4.90 Å². The standard InChI is InChI=1S/C14H28N2O/c1-5-13-12-7-15-6-11(12)8-16(13)9-14(4,17)10(2)3/h10-13,15,17H,5-9H2,1-4H3. The van der Waals surface area contributed by atoms with E-state index in [4.69, 9.17) is 0 Å². The molecule has 2 fully saturated rings. The molecule has 2 aliphatic heterocycles. The third-order valence-electron chi connectivity index (χ3n) is 5.01. The summed E-state index contributed by atoms with van der Waals surface area (Å²) >= 11 is 0. The molecule has 100 valence electrons. The second-order valence-electron chi connectivity index (χ2n) is 6.50. The summed E-state index contributed by atoms with van der Waals surface area (Å²) in [5.74, 6) is 1.93. The van der Waals surface area contributed by atoms with Gasteiger partial charge in [-0.25, -0.2) is 0 Å². The van der Waals surface area contributed by atoms with Crippen molar-refractivity contribution in [2.24, 2.45) is 17.8 Å². The Balaban J connectivity index is 2.02. The Labute approximate surface area is 106 Å². The lowest BCUT2D eigenvalue weighted by Gasteiger charge is -2.36. The van der Waals surface area contributed by atoms with E-state index in [1.54, 1.807) is 0 Å². The van der Waals surface area contributed by atoms with Crippen LogP contribution in [0.5, 0.6) is 0 Å². The van der Waals surface area contributed by atoms with E-state index in [0.717, 1.165) is 18.4 Å². The highest BCUT2D eigenvalue weighted by atomic mass is 16.3. The minimum absolute atomic E-state index is 0.318. The Morgan fingerprint density at radius 2 is 2.12 bits per heavy atom. The lowest BCUT2D eigenvalue weighted by molar-refractivity contribution is -0.0245. The van der Waals surface area contributed by atoms with E-state index in [-0.39, 0.29) is 0 Å². The second-order valence-corrected chi connectivity index (χ2v) is 6.50. The summed E-state index contributed by atoms with van der Waals surface area (Å²) in [7, 11) is 0. The summed E-state index contributed by atoms with van der Waals surface area (Å²) < 4.78 is 0. The number of fused-ring (bicyclic) bond motifs is 1. The van der Waals surface area contributed by atoms with Gasteiger partial charge in [0.05, 0.1) is 5.60 Å². The van der Waals surface area contributed by atoms with Crippen molar-refractivity contribution < 1.29 is 5.11 Å². The zero-order valence-corrected chi connectivity index (χ0v) is 11.7. The molecule has 0 radical (unpaired) electrons. The lowest BCUT2D eigenvalue weighted by Crippen LogP contribution is -2.47. The monoisotopic (exact) mass is 240 g/mol. The second kappa shape index (κ2) is 4.87. The molecule has 4 unspecified atom stereocenters. The quantitative estimate of drug-likeness (QED) is 0.778. The van der Waals surface area contributed by atoms with Gasteiger partial charge in [0.2, 0.25) is 0 Å². The molecule has 0 aliphatic carbocycles. The Kier molecular flexibility index (Phi) is 3.81. The number of aliphatic hydroxyl groups is 1. The van der Waals surface area contributed by atoms with Gasteiger partial charge in [0, 0.05) is 19.1 Å². The van der Waals surface area contributed by atoms with E-state index in [1.807, 2.05) is 6.92 Å². The Morgan fingerprint density at radius 1 is 1.41 bits per heavy atom. The van der Waals surface area contributed by atoms with Gasteiger partial charge < -0.3 is 10.4 Å². The van der Waals surface area contributed by atoms with Gasteiger partial charge in [-0.05, 0) is 44.2 Å². The molecular weight excluding hydrogens is 212 g/mol. The van der Waals surface area contributed by atoms with Gasteiger partial charge in [0.1, 0.15) is 0 Å². The van der Waals surface area contributed by atoms with E-state index < -0.39 is 5.60 Å². The van der Waals surface area contributed by atoms with Crippen molar-refractivity contribution in [3.05, 3.63) is 0 Å². The molecular formula is C14H28N2O. The Bertz CT molecular complexity index is 265. The molecule has 3 nitrogen and oxygen atoms in total. The Morgan fingerprint density at radius 3 is 2.71 bits per heavy atom. The van der Waals surface area contributed by atoms with Crippen LogP contribution >= 0.6 is 0 Å². The zero-order chi connectivity index (χ0) is 12.6. The van der Waals surface area contributed by atoms with Crippen LogP contribution < -0.4 is 5.32 Å². The van der Waals surface area contributed by atoms with Crippen LogP contribution in [0.3, 0.4) is 0 Å². The van der Waals surface area contributed by atoms with Crippen LogP contribution in [0.15, 0.2) is 0 Å². The van der Waals surface area contributed by atoms with E-state index in [0.29, 0.717) is 12.0 Å². The summed E-state index contributed by atoms with van der Waals surface area (Å²) in [6.45, 7) is 12.8. The first-order valence-electron chi connectivity index (χ1n) is 7.13. The average molecular weight is 240 g/mol. The molecule has 2 heterocycles. The van der Waals surface area contributed by atoms with Crippen LogP contribution in [0, 0.1) is 17.8 Å². The highest BCUT2D eigenvalue weighted by Gasteiger charge is 2.45. The molecule has 2 aliphatic rings. The molecule has 0 bridgehead atoms. The van der Waals surface area contributed by atoms with Crippen molar-refractivity contribution in [1.82, 2.24) is 10.2 Å². The van der Waals surface area contributed by atoms with E-state index in [2.05, 4.69) is 31.0 Å². The Hall–Kier alpha value is -0.120. The SMILES string of the molecule is CCC1C2CNCC2CN1CC(C)(O)C(C)C. The number of nitrogens with one attached hydrogen (secondary N) is 1. The number of likely N-dealkylation sites (tertiary alicyclic amines) is 1. The average Bonchev–Trinajstić information content (AvgIpc) is 2.76. The topological polar surface area (TPSA) is 35.5 Å². The van der Waals surface area contributed by atoms with Crippen molar-refractivity contribution in [3.63, 3.8) is 0 Å². The van der Waals surface area contributed by atoms with Gasteiger partial charge in [-0.15, -0.1) is 0 Å². The predicted octanol–water partition coefficient (Wildman–Crippen LogP) is 1.32. The number of β-amino-alcohol motifs (C(OH)–C–C–N with tert-alkyl or cyclic N) is 1. The van der Waals surface area contributed by atoms with Crippen molar-refractivity contribution in [2.45, 2.75) is 45.8 Å². The third kappa shape index (κ3) is 2.51. The van der Waals surface area contributed by atoms with Crippen molar-refractivity contribution in [2.75, 3.05) is 26.2 Å². The van der Waals surface area contributed by atoms with E-state index in [1.165, 1.54) is 26.1 Å². The third-order valence-corrected chi connectivity index (χ3v) is 5.01. The molecule has 4 atom stereocenters. The van der Waals surface area contributed by atoms with E-state index in [9.17, 15) is 5.11 Å². The summed E-state index contributed by atoms with van der Waals surface area (Å²) in [5, 5.41) is 14.0. The van der Waals surface area contributed by atoms with Crippen LogP contribution in [0.4, 0.5) is 0 Å². The maximum atomic E-state index is 10.5. The molecule has 0 aromatic heterocycles. The molecule has 0 aromatic carbocycles. The highest BCUT2D eigenvalue weighted by molar-refractivity contribution is 4.99. The maximum Gasteiger partial charge on any atom is 0.0768 e. The summed E-state index contributed by atoms with van der Waals surface area (Å²) in [6.07, 6.45) is 1.21. The van der Waals surface area contributed by atoms with Gasteiger partial charge >= 0.3 is 0 Å². The van der Waals surface area contributed by atoms with Crippen molar-refractivity contribution in [1.29, 1.82) is 0 Å². The fourth-order valence-electron chi connectivity index (χ4n) is 3.45. The van der Waals surface area contributed by atoms with Crippen LogP contribution in [0.1, 0.15) is 34.1 Å². The minimum atomic E-state index is -0.556. The van der Waals surface area contributed by atoms with Crippen LogP contribution in [-0.2, 0) is 0 Å². The summed E-state index contributed by atoms with van der Waals surface area (Å²) in [6, 6.07) is 0.667. The molecule has 2 rings (SSSR count). The zero-order valence-electron chi connectivity index (χ0n) is 11.7. The van der Waals surface area contributed by atoms with Crippen molar-refractivity contribution in [3.8, 4) is 0 Å². The van der Waals surface area contributed by atoms with Gasteiger partial charge in [-0.1, -0.05) is 20.8 Å². The molecule has 0 saturated carbocycles. The largest absolute Gasteiger partial charge is 0.389 e. The molecule has 2 saturated heterocycles. The first-order chi connectivity index (χ1) is 7.95. The molecule has 3 heteroatoms. The lowest BCUT2D eigenvalue weighted by atomic mass is 9.90. The highest BCUT2D eigenvalue weighted by Crippen LogP contribution is 2.35. The van der Waals surface area contributed by atoms with Crippen LogP contribution in [-0.4, -0.2) is 47.8 Å². The number of hydrogen-bond acceptors (Lipinski definition) is 3. The molecule has 2 N–H and O–H groups in total. The number of rotatable bonds is 4. The van der Waals surface area contributed by atoms with Gasteiger partial charge in [0.15, 0.2) is 0 Å². The molecule has 17 heavy (non-hydrogen) atoms. The predicted molar refractivity (Wildman–Crippen MR) is 71.0 cm³/mol. The van der Waals surface area contributed by atoms with Gasteiger partial charge in [0.25, 0.3) is 0 Å². The number of hydrogen-bond donors (Lipinski definition) is 2. The fourth-order valence-corrected chi connectivity index (χ4v) is 3.45. The summed E-state index contributed by atoms with van der Waals surface area (Å²) in [4.78, 5) is 2.54. The number of nitrogens with zero attached hydrogens (tertiary/aromatic N) is 1. The van der Waals surface area contributed by atoms with Crippen LogP contribution in [0.2, 0.25) is 0 Å². The van der Waals surface area contributed by atoms with Crippen molar-refractivity contribution >= 4 is 0 Å². The van der Waals surface area contributed by atoms with Crippen LogP contribution in [0.25, 0.3) is 0 Å². The maximum absolute atomic E-state index is 10.5. The normalized spacial score (nSPS) is 37.4. The first-order valence-corrected chi connectivity index (χ1v) is 7.13. The molecule has 0 aromatic rings. The smallest absolute Gasteiger partial charge is 0.0768 e. The minimum Gasteiger partial charge on any atom is -0.389 e. The first kappa shape index (κ1) is 13.3. The van der Waals surface area contributed by atoms with E-state index >= 15 is 0 Å². The summed E-state index contributed by atoms with van der Waals surface area (Å²) in [5.41, 5.74) is -0.556.